The number of thioether (sulfide) groups is 1. The SMILES string of the molecule is CSc1cccc(C(=O)Nc2ccccc2Oc2ccccc2)c1. The van der Waals surface area contributed by atoms with E-state index < -0.39 is 0 Å². The van der Waals surface area contributed by atoms with Crippen molar-refractivity contribution in [3.05, 3.63) is 84.4 Å². The zero-order valence-corrected chi connectivity index (χ0v) is 14.0. The maximum atomic E-state index is 12.5. The first-order chi connectivity index (χ1) is 11.8. The zero-order valence-electron chi connectivity index (χ0n) is 13.2. The molecular weight excluding hydrogens is 318 g/mol. The van der Waals surface area contributed by atoms with Crippen molar-refractivity contribution in [2.24, 2.45) is 0 Å². The zero-order chi connectivity index (χ0) is 16.8. The Bertz CT molecular complexity index is 834. The lowest BCUT2D eigenvalue weighted by Gasteiger charge is -2.12. The van der Waals surface area contributed by atoms with Gasteiger partial charge in [-0.1, -0.05) is 36.4 Å². The number of amides is 1. The molecule has 0 aliphatic rings. The van der Waals surface area contributed by atoms with E-state index in [0.29, 0.717) is 17.0 Å². The summed E-state index contributed by atoms with van der Waals surface area (Å²) in [5.41, 5.74) is 1.26. The number of rotatable bonds is 5. The van der Waals surface area contributed by atoms with E-state index in [1.165, 1.54) is 0 Å². The van der Waals surface area contributed by atoms with Gasteiger partial charge in [0.15, 0.2) is 5.75 Å². The highest BCUT2D eigenvalue weighted by Gasteiger charge is 2.10. The second-order valence-electron chi connectivity index (χ2n) is 5.10. The van der Waals surface area contributed by atoms with Gasteiger partial charge >= 0.3 is 0 Å². The van der Waals surface area contributed by atoms with Crippen LogP contribution < -0.4 is 10.1 Å². The Balaban J connectivity index is 1.81. The summed E-state index contributed by atoms with van der Waals surface area (Å²) >= 11 is 1.61. The molecule has 0 heterocycles. The van der Waals surface area contributed by atoms with E-state index in [0.717, 1.165) is 10.6 Å². The maximum absolute atomic E-state index is 12.5. The van der Waals surface area contributed by atoms with E-state index in [2.05, 4.69) is 5.32 Å². The third-order valence-electron chi connectivity index (χ3n) is 3.44. The molecule has 1 amide bonds. The first kappa shape index (κ1) is 16.1. The van der Waals surface area contributed by atoms with Gasteiger partial charge in [-0.05, 0) is 48.7 Å². The Morgan fingerprint density at radius 1 is 0.917 bits per heavy atom. The van der Waals surface area contributed by atoms with E-state index in [1.54, 1.807) is 17.8 Å². The van der Waals surface area contributed by atoms with E-state index in [9.17, 15) is 4.79 Å². The minimum absolute atomic E-state index is 0.157. The van der Waals surface area contributed by atoms with Gasteiger partial charge in [-0.2, -0.15) is 0 Å². The lowest BCUT2D eigenvalue weighted by Crippen LogP contribution is -2.12. The highest BCUT2D eigenvalue weighted by molar-refractivity contribution is 7.98. The average Bonchev–Trinajstić information content (AvgIpc) is 2.64. The first-order valence-corrected chi connectivity index (χ1v) is 8.76. The Kier molecular flexibility index (Phi) is 5.18. The van der Waals surface area contributed by atoms with Crippen LogP contribution in [0, 0.1) is 0 Å². The number of para-hydroxylation sites is 3. The van der Waals surface area contributed by atoms with Gasteiger partial charge in [0.2, 0.25) is 0 Å². The van der Waals surface area contributed by atoms with Crippen LogP contribution in [0.5, 0.6) is 11.5 Å². The van der Waals surface area contributed by atoms with Crippen LogP contribution in [0.3, 0.4) is 0 Å². The molecule has 0 radical (unpaired) electrons. The Morgan fingerprint density at radius 2 is 1.67 bits per heavy atom. The molecule has 0 fully saturated rings. The standard InChI is InChI=1S/C20H17NO2S/c1-24-17-11-7-8-15(14-17)20(22)21-18-12-5-6-13-19(18)23-16-9-3-2-4-10-16/h2-14H,1H3,(H,21,22). The highest BCUT2D eigenvalue weighted by Crippen LogP contribution is 2.29. The van der Waals surface area contributed by atoms with E-state index in [4.69, 9.17) is 4.74 Å². The van der Waals surface area contributed by atoms with E-state index in [1.807, 2.05) is 79.1 Å². The largest absolute Gasteiger partial charge is 0.455 e. The molecule has 0 saturated carbocycles. The molecule has 1 N–H and O–H groups in total. The lowest BCUT2D eigenvalue weighted by molar-refractivity contribution is 0.102. The molecule has 3 aromatic carbocycles. The van der Waals surface area contributed by atoms with Gasteiger partial charge in [-0.15, -0.1) is 11.8 Å². The summed E-state index contributed by atoms with van der Waals surface area (Å²) in [6.07, 6.45) is 1.99. The number of hydrogen-bond acceptors (Lipinski definition) is 3. The highest BCUT2D eigenvalue weighted by atomic mass is 32.2. The monoisotopic (exact) mass is 335 g/mol. The molecule has 0 bridgehead atoms. The molecule has 0 spiro atoms. The molecule has 0 aliphatic heterocycles. The third-order valence-corrected chi connectivity index (χ3v) is 4.16. The molecule has 24 heavy (non-hydrogen) atoms. The fraction of sp³-hybridized carbons (Fsp3) is 0.0500. The third kappa shape index (κ3) is 3.97. The molecule has 0 aromatic heterocycles. The molecule has 0 saturated heterocycles. The minimum Gasteiger partial charge on any atom is -0.455 e. The summed E-state index contributed by atoms with van der Waals surface area (Å²) in [5, 5.41) is 2.93. The molecule has 3 rings (SSSR count). The summed E-state index contributed by atoms with van der Waals surface area (Å²) in [6, 6.07) is 24.4. The molecule has 0 unspecified atom stereocenters. The normalized spacial score (nSPS) is 10.2. The van der Waals surface area contributed by atoms with Crippen molar-refractivity contribution in [1.82, 2.24) is 0 Å². The van der Waals surface area contributed by atoms with Gasteiger partial charge in [0.1, 0.15) is 5.75 Å². The number of anilines is 1. The number of nitrogens with one attached hydrogen (secondary N) is 1. The summed E-state index contributed by atoms with van der Waals surface area (Å²) in [7, 11) is 0. The van der Waals surface area contributed by atoms with Crippen molar-refractivity contribution in [2.75, 3.05) is 11.6 Å². The van der Waals surface area contributed by atoms with Crippen LogP contribution >= 0.6 is 11.8 Å². The van der Waals surface area contributed by atoms with Crippen LogP contribution in [0.2, 0.25) is 0 Å². The quantitative estimate of drug-likeness (QED) is 0.630. The summed E-state index contributed by atoms with van der Waals surface area (Å²) < 4.78 is 5.87. The summed E-state index contributed by atoms with van der Waals surface area (Å²) in [5.74, 6) is 1.18. The van der Waals surface area contributed by atoms with Gasteiger partial charge in [0.25, 0.3) is 5.91 Å². The van der Waals surface area contributed by atoms with E-state index >= 15 is 0 Å². The van der Waals surface area contributed by atoms with Crippen molar-refractivity contribution in [2.45, 2.75) is 4.90 Å². The van der Waals surface area contributed by atoms with Crippen LogP contribution in [-0.4, -0.2) is 12.2 Å². The molecule has 3 aromatic rings. The second-order valence-corrected chi connectivity index (χ2v) is 5.98. The predicted molar refractivity (Wildman–Crippen MR) is 99.1 cm³/mol. The van der Waals surface area contributed by atoms with Crippen molar-refractivity contribution >= 4 is 23.4 Å². The summed E-state index contributed by atoms with van der Waals surface area (Å²) in [4.78, 5) is 13.6. The Morgan fingerprint density at radius 3 is 2.46 bits per heavy atom. The van der Waals surface area contributed by atoms with Gasteiger partial charge in [-0.25, -0.2) is 0 Å². The van der Waals surface area contributed by atoms with Crippen LogP contribution in [0.15, 0.2) is 83.8 Å². The lowest BCUT2D eigenvalue weighted by atomic mass is 10.2. The van der Waals surface area contributed by atoms with Crippen LogP contribution in [0.4, 0.5) is 5.69 Å². The number of hydrogen-bond donors (Lipinski definition) is 1. The van der Waals surface area contributed by atoms with Gasteiger partial charge in [0.05, 0.1) is 5.69 Å². The number of ether oxygens (including phenoxy) is 1. The second kappa shape index (κ2) is 7.70. The molecule has 0 atom stereocenters. The van der Waals surface area contributed by atoms with Crippen LogP contribution in [-0.2, 0) is 0 Å². The van der Waals surface area contributed by atoms with Crippen molar-refractivity contribution < 1.29 is 9.53 Å². The van der Waals surface area contributed by atoms with Gasteiger partial charge in [-0.3, -0.25) is 4.79 Å². The van der Waals surface area contributed by atoms with Gasteiger partial charge in [0, 0.05) is 10.5 Å². The fourth-order valence-electron chi connectivity index (χ4n) is 2.23. The Labute approximate surface area is 145 Å². The maximum Gasteiger partial charge on any atom is 0.255 e. The molecule has 4 heteroatoms. The molecular formula is C20H17NO2S. The molecule has 120 valence electrons. The van der Waals surface area contributed by atoms with E-state index in [-0.39, 0.29) is 5.91 Å². The smallest absolute Gasteiger partial charge is 0.255 e. The van der Waals surface area contributed by atoms with Gasteiger partial charge < -0.3 is 10.1 Å². The predicted octanol–water partition coefficient (Wildman–Crippen LogP) is 5.45. The molecule has 3 nitrogen and oxygen atoms in total. The first-order valence-electron chi connectivity index (χ1n) is 7.53. The van der Waals surface area contributed by atoms with Crippen LogP contribution in [0.1, 0.15) is 10.4 Å². The minimum atomic E-state index is -0.157. The number of carbonyl (C=O) groups excluding carboxylic acids is 1. The fourth-order valence-corrected chi connectivity index (χ4v) is 2.69. The van der Waals surface area contributed by atoms with Crippen molar-refractivity contribution in [1.29, 1.82) is 0 Å². The summed E-state index contributed by atoms with van der Waals surface area (Å²) in [6.45, 7) is 0. The molecule has 0 aliphatic carbocycles. The number of benzene rings is 3. The topological polar surface area (TPSA) is 38.3 Å². The average molecular weight is 335 g/mol. The number of carbonyl (C=O) groups is 1. The van der Waals surface area contributed by atoms with Crippen LogP contribution in [0.25, 0.3) is 0 Å². The van der Waals surface area contributed by atoms with Crippen molar-refractivity contribution in [3.8, 4) is 11.5 Å². The van der Waals surface area contributed by atoms with Crippen molar-refractivity contribution in [3.63, 3.8) is 0 Å². The Hall–Kier alpha value is -2.72.